The fourth-order valence-electron chi connectivity index (χ4n) is 5.94. The molecule has 2 aliphatic heterocycles. The van der Waals surface area contributed by atoms with Crippen LogP contribution < -0.4 is 21.5 Å². The molecule has 1 radical (unpaired) electrons. The van der Waals surface area contributed by atoms with Crippen LogP contribution in [0.2, 0.25) is 0 Å². The summed E-state index contributed by atoms with van der Waals surface area (Å²) in [5.41, 5.74) is 0.978. The van der Waals surface area contributed by atoms with E-state index < -0.39 is 23.1 Å². The number of hydrogen-bond donors (Lipinski definition) is 1. The molecule has 3 aromatic heterocycles. The normalized spacial score (nSPS) is 19.9. The molecule has 3 aliphatic rings. The van der Waals surface area contributed by atoms with Crippen molar-refractivity contribution >= 4 is 22.8 Å². The smallest absolute Gasteiger partial charge is 0.337 e. The molecule has 1 amide bonds. The Bertz CT molecular complexity index is 1990. The lowest BCUT2D eigenvalue weighted by Gasteiger charge is -2.30. The number of nitrogens with one attached hydrogen (secondary N) is 1. The van der Waals surface area contributed by atoms with Gasteiger partial charge in [-0.3, -0.25) is 19.1 Å². The first kappa shape index (κ1) is 27.5. The lowest BCUT2D eigenvalue weighted by Crippen LogP contribution is -2.45. The van der Waals surface area contributed by atoms with Crippen LogP contribution in [-0.4, -0.2) is 48.7 Å². The maximum Gasteiger partial charge on any atom is 0.337 e. The van der Waals surface area contributed by atoms with Gasteiger partial charge in [0.2, 0.25) is 6.67 Å². The maximum atomic E-state index is 14.3. The van der Waals surface area contributed by atoms with Crippen LogP contribution >= 0.6 is 0 Å². The first-order chi connectivity index (χ1) is 21.4. The van der Waals surface area contributed by atoms with Crippen molar-refractivity contribution in [1.29, 1.82) is 0 Å². The average Bonchev–Trinajstić information content (AvgIpc) is 3.46. The zero-order valence-electron chi connectivity index (χ0n) is 23.3. The number of carbonyl (C=O) groups excluding carboxylic acids is 1. The molecule has 0 saturated heterocycles. The Balaban J connectivity index is 1.17. The van der Waals surface area contributed by atoms with Crippen molar-refractivity contribution in [2.45, 2.75) is 37.8 Å². The molecule has 0 unspecified atom stereocenters. The summed E-state index contributed by atoms with van der Waals surface area (Å²) in [6.07, 6.45) is 8.75. The van der Waals surface area contributed by atoms with Gasteiger partial charge >= 0.3 is 5.69 Å². The molecule has 7 rings (SSSR count). The van der Waals surface area contributed by atoms with Gasteiger partial charge in [-0.25, -0.2) is 18.7 Å². The van der Waals surface area contributed by atoms with Gasteiger partial charge in [-0.15, -0.1) is 0 Å². The molecule has 0 bridgehead atoms. The molecule has 1 N–H and O–H groups in total. The molecule has 44 heavy (non-hydrogen) atoms. The van der Waals surface area contributed by atoms with E-state index in [1.54, 1.807) is 24.4 Å². The molecule has 11 nitrogen and oxygen atoms in total. The van der Waals surface area contributed by atoms with Gasteiger partial charge in [-0.1, -0.05) is 27.6 Å². The summed E-state index contributed by atoms with van der Waals surface area (Å²) in [4.78, 5) is 55.0. The number of amides is 1. The summed E-state index contributed by atoms with van der Waals surface area (Å²) in [6.45, 7) is -0.0535. The molecular formula is C31H26F2N8O3+. The quantitative estimate of drug-likeness (QED) is 0.279. The van der Waals surface area contributed by atoms with Crippen LogP contribution in [0.15, 0.2) is 99.7 Å². The lowest BCUT2D eigenvalue weighted by molar-refractivity contribution is -0.118. The van der Waals surface area contributed by atoms with Gasteiger partial charge in [0.15, 0.2) is 17.5 Å². The topological polar surface area (TPSA) is 120 Å². The number of rotatable bonds is 5. The van der Waals surface area contributed by atoms with Crippen LogP contribution in [0, 0.1) is 5.82 Å². The minimum Gasteiger partial charge on any atom is -0.348 e. The van der Waals surface area contributed by atoms with E-state index in [9.17, 15) is 23.3 Å². The Hall–Kier alpha value is -5.30. The Morgan fingerprint density at radius 2 is 1.86 bits per heavy atom. The van der Waals surface area contributed by atoms with E-state index in [1.807, 2.05) is 24.3 Å². The largest absolute Gasteiger partial charge is 0.348 e. The van der Waals surface area contributed by atoms with Gasteiger partial charge in [0.25, 0.3) is 17.3 Å². The van der Waals surface area contributed by atoms with Crippen molar-refractivity contribution in [2.24, 2.45) is 4.99 Å². The highest BCUT2D eigenvalue weighted by Crippen LogP contribution is 2.28. The van der Waals surface area contributed by atoms with E-state index >= 15 is 0 Å². The summed E-state index contributed by atoms with van der Waals surface area (Å²) >= 11 is 0. The first-order valence-electron chi connectivity index (χ1n) is 14.2. The van der Waals surface area contributed by atoms with Crippen molar-refractivity contribution in [2.75, 3.05) is 6.67 Å². The van der Waals surface area contributed by atoms with Crippen molar-refractivity contribution in [3.05, 3.63) is 112 Å². The van der Waals surface area contributed by atoms with E-state index in [1.165, 1.54) is 32.5 Å². The monoisotopic (exact) mass is 596 g/mol. The summed E-state index contributed by atoms with van der Waals surface area (Å²) in [6, 6.07) is 13.1. The highest BCUT2D eigenvalue weighted by molar-refractivity contribution is 6.05. The van der Waals surface area contributed by atoms with Crippen LogP contribution in [0.5, 0.6) is 0 Å². The van der Waals surface area contributed by atoms with E-state index in [0.717, 1.165) is 17.8 Å². The van der Waals surface area contributed by atoms with Gasteiger partial charge in [0.05, 0.1) is 23.0 Å². The number of aliphatic imine (C=N–C) groups is 1. The number of pyridine rings is 2. The molecule has 1 saturated carbocycles. The summed E-state index contributed by atoms with van der Waals surface area (Å²) in [5.74, 6) is -0.583. The number of nitrogens with zero attached hydrogens (tertiary/aromatic N) is 7. The third-order valence-electron chi connectivity index (χ3n) is 8.07. The fourth-order valence-corrected chi connectivity index (χ4v) is 5.94. The van der Waals surface area contributed by atoms with Crippen LogP contribution in [0.4, 0.5) is 8.87 Å². The van der Waals surface area contributed by atoms with Gasteiger partial charge in [-0.05, 0) is 56.0 Å². The number of halogens is 2. The zero-order valence-corrected chi connectivity index (χ0v) is 23.3. The van der Waals surface area contributed by atoms with E-state index in [0.29, 0.717) is 48.0 Å². The Kier molecular flexibility index (Phi) is 6.93. The summed E-state index contributed by atoms with van der Waals surface area (Å²) < 4.78 is 30.4. The fraction of sp³-hybridized carbons (Fsp3) is 0.226. The number of benzene rings is 1. The van der Waals surface area contributed by atoms with Gasteiger partial charge in [0.1, 0.15) is 5.82 Å². The van der Waals surface area contributed by atoms with Gasteiger partial charge in [0, 0.05) is 36.1 Å². The molecule has 1 aliphatic carbocycles. The number of fused-ring (bicyclic) bond motifs is 2. The molecule has 0 atom stereocenters. The van der Waals surface area contributed by atoms with Crippen LogP contribution in [0.25, 0.3) is 28.0 Å². The standard InChI is InChI=1S/C31H26F2N8O3/c32-20-15-24-28(35-16-20)40(23-5-3-4-19(14-23)25-6-1-2-12-34-25)31(44)41(30(24)43)22-9-7-21(8-10-22)36-29(42)26-17-38-18-39(33)13-11-27(38)37-26/h1-6,11-17,21-22H,7-10,18H2,(H,36,42)/q+1. The highest BCUT2D eigenvalue weighted by Gasteiger charge is 2.36. The minimum absolute atomic E-state index is 0.00657. The molecular weight excluding hydrogens is 570 g/mol. The molecule has 221 valence electrons. The summed E-state index contributed by atoms with van der Waals surface area (Å²) in [5, 5.41) is 3.45. The third-order valence-corrected chi connectivity index (χ3v) is 8.07. The predicted molar refractivity (Wildman–Crippen MR) is 159 cm³/mol. The van der Waals surface area contributed by atoms with Gasteiger partial charge in [-0.2, -0.15) is 10.1 Å². The van der Waals surface area contributed by atoms with Crippen molar-refractivity contribution in [3.63, 3.8) is 0 Å². The third kappa shape index (κ3) is 5.00. The molecule has 13 heteroatoms. The number of hydrogen-bond acceptors (Lipinski definition) is 8. The second-order valence-electron chi connectivity index (χ2n) is 10.9. The molecule has 1 aromatic carbocycles. The number of aromatic nitrogens is 4. The van der Waals surface area contributed by atoms with Crippen molar-refractivity contribution < 1.29 is 13.7 Å². The Morgan fingerprint density at radius 1 is 1.02 bits per heavy atom. The lowest BCUT2D eigenvalue weighted by atomic mass is 9.90. The Morgan fingerprint density at radius 3 is 2.66 bits per heavy atom. The maximum absolute atomic E-state index is 14.3. The van der Waals surface area contributed by atoms with Gasteiger partial charge < -0.3 is 5.32 Å². The predicted octanol–water partition coefficient (Wildman–Crippen LogP) is 3.41. The summed E-state index contributed by atoms with van der Waals surface area (Å²) in [7, 11) is 0. The van der Waals surface area contributed by atoms with E-state index in [-0.39, 0.29) is 35.3 Å². The first-order valence-corrected chi connectivity index (χ1v) is 14.2. The zero-order chi connectivity index (χ0) is 30.4. The van der Waals surface area contributed by atoms with E-state index in [4.69, 9.17) is 0 Å². The minimum atomic E-state index is -0.685. The molecule has 5 heterocycles. The average molecular weight is 597 g/mol. The Labute approximate surface area is 249 Å². The van der Waals surface area contributed by atoms with Crippen molar-refractivity contribution in [1.82, 2.24) is 34.4 Å². The van der Waals surface area contributed by atoms with Crippen LogP contribution in [-0.2, 0) is 4.79 Å². The number of amidine groups is 1. The molecule has 0 spiro atoms. The SMILES string of the molecule is O=C(NC1CCC(n2c(=O)c3cc(F)cnc3n(-c3cccc(-c4ccccn4)c3)c2=O)CC1)C1=C[N+]2CN(F)C=CC2=N1. The van der Waals surface area contributed by atoms with Crippen LogP contribution in [0.3, 0.4) is 0 Å². The van der Waals surface area contributed by atoms with Crippen molar-refractivity contribution in [3.8, 4) is 16.9 Å². The second-order valence-corrected chi connectivity index (χ2v) is 10.9. The molecule has 4 aromatic rings. The highest BCUT2D eigenvalue weighted by atomic mass is 19.2. The van der Waals surface area contributed by atoms with Crippen LogP contribution in [0.1, 0.15) is 31.7 Å². The number of carbonyl (C=O) groups is 1. The van der Waals surface area contributed by atoms with E-state index in [2.05, 4.69) is 20.3 Å². The second kappa shape index (κ2) is 11.1. The molecule has 1 fully saturated rings.